The van der Waals surface area contributed by atoms with Crippen molar-refractivity contribution in [2.24, 2.45) is 0 Å². The molecular formula is C13H21NO6. The van der Waals surface area contributed by atoms with Gasteiger partial charge in [0.1, 0.15) is 18.3 Å². The predicted octanol–water partition coefficient (Wildman–Crippen LogP) is -0.359. The lowest BCUT2D eigenvalue weighted by Crippen LogP contribution is -2.49. The summed E-state index contributed by atoms with van der Waals surface area (Å²) >= 11 is 0. The number of aliphatic hydroxyl groups is 1. The Bertz CT molecular complexity index is 370. The van der Waals surface area contributed by atoms with Gasteiger partial charge in [-0.05, 0) is 0 Å². The molecule has 0 aromatic rings. The zero-order valence-corrected chi connectivity index (χ0v) is 11.7. The normalized spacial score (nSPS) is 28.6. The first-order valence-corrected chi connectivity index (χ1v) is 6.39. The van der Waals surface area contributed by atoms with Crippen LogP contribution in [0.2, 0.25) is 0 Å². The molecule has 1 heterocycles. The smallest absolute Gasteiger partial charge is 0.303 e. The van der Waals surface area contributed by atoms with Gasteiger partial charge in [-0.2, -0.15) is 0 Å². The van der Waals surface area contributed by atoms with Gasteiger partial charge in [0.25, 0.3) is 0 Å². The van der Waals surface area contributed by atoms with Gasteiger partial charge in [0.2, 0.25) is 5.91 Å². The average molecular weight is 287 g/mol. The molecule has 0 fully saturated rings. The van der Waals surface area contributed by atoms with Crippen LogP contribution in [0, 0.1) is 0 Å². The number of hydrogen-bond donors (Lipinski definition) is 2. The molecule has 0 bridgehead atoms. The fourth-order valence-electron chi connectivity index (χ4n) is 2.13. The number of aliphatic carboxylic acids is 1. The van der Waals surface area contributed by atoms with E-state index in [1.807, 2.05) is 0 Å². The predicted molar refractivity (Wildman–Crippen MR) is 70.2 cm³/mol. The van der Waals surface area contributed by atoms with Crippen LogP contribution in [0.15, 0.2) is 12.2 Å². The van der Waals surface area contributed by atoms with Crippen molar-refractivity contribution in [3.63, 3.8) is 0 Å². The fourth-order valence-corrected chi connectivity index (χ4v) is 2.13. The number of ether oxygens (including phenoxy) is 2. The summed E-state index contributed by atoms with van der Waals surface area (Å²) in [5.74, 6) is -1.26. The minimum absolute atomic E-state index is 0.0557. The summed E-state index contributed by atoms with van der Waals surface area (Å²) in [4.78, 5) is 24.0. The summed E-state index contributed by atoms with van der Waals surface area (Å²) in [7, 11) is 2.95. The van der Waals surface area contributed by atoms with Gasteiger partial charge in [-0.3, -0.25) is 9.59 Å². The summed E-state index contributed by atoms with van der Waals surface area (Å²) in [6, 6.07) is 0. The van der Waals surface area contributed by atoms with Crippen molar-refractivity contribution in [1.29, 1.82) is 0 Å². The quantitative estimate of drug-likeness (QED) is 0.670. The van der Waals surface area contributed by atoms with Crippen LogP contribution in [0.1, 0.15) is 12.8 Å². The molecule has 1 aliphatic rings. The average Bonchev–Trinajstić information content (AvgIpc) is 2.40. The molecule has 7 nitrogen and oxygen atoms in total. The number of carbonyl (C=O) groups is 2. The highest BCUT2D eigenvalue weighted by molar-refractivity contribution is 5.80. The second-order valence-corrected chi connectivity index (χ2v) is 4.59. The second kappa shape index (κ2) is 7.98. The first-order valence-electron chi connectivity index (χ1n) is 6.39. The van der Waals surface area contributed by atoms with Gasteiger partial charge in [0, 0.05) is 33.7 Å². The standard InChI is InChI=1S/C13H21NO6/c1-19-10-8-14(11(16)5-6-12(17)18)7-3-4-9(15)13(10)20-2/h3-4,9-10,13,15H,5-8H2,1-2H3,(H,17,18)/b4-3-/t9-,10+,13+/m1/s1. The van der Waals surface area contributed by atoms with E-state index in [2.05, 4.69) is 0 Å². The van der Waals surface area contributed by atoms with Crippen molar-refractivity contribution in [1.82, 2.24) is 4.90 Å². The molecule has 0 radical (unpaired) electrons. The maximum atomic E-state index is 12.0. The van der Waals surface area contributed by atoms with Crippen molar-refractivity contribution in [2.75, 3.05) is 27.3 Å². The number of rotatable bonds is 5. The molecule has 3 atom stereocenters. The van der Waals surface area contributed by atoms with Crippen LogP contribution in [-0.2, 0) is 19.1 Å². The van der Waals surface area contributed by atoms with Crippen LogP contribution >= 0.6 is 0 Å². The van der Waals surface area contributed by atoms with Crippen LogP contribution in [0.25, 0.3) is 0 Å². The van der Waals surface area contributed by atoms with Crippen LogP contribution in [0.3, 0.4) is 0 Å². The van der Waals surface area contributed by atoms with Crippen molar-refractivity contribution in [3.05, 3.63) is 12.2 Å². The number of carboxylic acids is 1. The summed E-state index contributed by atoms with van der Waals surface area (Å²) in [5.41, 5.74) is 0. The molecule has 0 unspecified atom stereocenters. The van der Waals surface area contributed by atoms with Gasteiger partial charge in [-0.1, -0.05) is 12.2 Å². The van der Waals surface area contributed by atoms with E-state index in [-0.39, 0.29) is 25.3 Å². The molecule has 0 aromatic carbocycles. The van der Waals surface area contributed by atoms with Crippen LogP contribution in [-0.4, -0.2) is 72.6 Å². The maximum Gasteiger partial charge on any atom is 0.303 e. The van der Waals surface area contributed by atoms with E-state index in [0.717, 1.165) is 0 Å². The topological polar surface area (TPSA) is 96.3 Å². The first kappa shape index (κ1) is 16.6. The number of amides is 1. The molecule has 1 amide bonds. The monoisotopic (exact) mass is 287 g/mol. The van der Waals surface area contributed by atoms with E-state index in [4.69, 9.17) is 14.6 Å². The Morgan fingerprint density at radius 3 is 2.55 bits per heavy atom. The highest BCUT2D eigenvalue weighted by Crippen LogP contribution is 2.14. The molecule has 0 spiro atoms. The molecule has 20 heavy (non-hydrogen) atoms. The minimum atomic E-state index is -1.01. The lowest BCUT2D eigenvalue weighted by molar-refractivity contribution is -0.143. The van der Waals surface area contributed by atoms with Crippen molar-refractivity contribution >= 4 is 11.9 Å². The van der Waals surface area contributed by atoms with Gasteiger partial charge in [0.15, 0.2) is 0 Å². The third-order valence-electron chi connectivity index (χ3n) is 3.24. The third-order valence-corrected chi connectivity index (χ3v) is 3.24. The Morgan fingerprint density at radius 2 is 2.00 bits per heavy atom. The molecule has 1 rings (SSSR count). The van der Waals surface area contributed by atoms with Gasteiger partial charge in [-0.15, -0.1) is 0 Å². The van der Waals surface area contributed by atoms with Crippen LogP contribution in [0.4, 0.5) is 0 Å². The number of aliphatic hydroxyl groups excluding tert-OH is 1. The van der Waals surface area contributed by atoms with Crippen LogP contribution in [0.5, 0.6) is 0 Å². The van der Waals surface area contributed by atoms with E-state index >= 15 is 0 Å². The second-order valence-electron chi connectivity index (χ2n) is 4.59. The Morgan fingerprint density at radius 1 is 1.30 bits per heavy atom. The van der Waals surface area contributed by atoms with E-state index < -0.39 is 24.3 Å². The lowest BCUT2D eigenvalue weighted by atomic mass is 10.0. The largest absolute Gasteiger partial charge is 0.481 e. The molecular weight excluding hydrogens is 266 g/mol. The molecule has 2 N–H and O–H groups in total. The zero-order chi connectivity index (χ0) is 15.1. The SMILES string of the molecule is CO[C@H]1[C@H](O)/C=C\CN(C(=O)CCC(=O)O)C[C@@H]1OC. The van der Waals surface area contributed by atoms with Crippen molar-refractivity contribution in [2.45, 2.75) is 31.2 Å². The lowest BCUT2D eigenvalue weighted by Gasteiger charge is -2.33. The Kier molecular flexibility index (Phi) is 6.63. The summed E-state index contributed by atoms with van der Waals surface area (Å²) in [6.07, 6.45) is 1.10. The maximum absolute atomic E-state index is 12.0. The van der Waals surface area contributed by atoms with Crippen LogP contribution < -0.4 is 0 Å². The summed E-state index contributed by atoms with van der Waals surface area (Å²) < 4.78 is 10.5. The number of methoxy groups -OCH3 is 2. The van der Waals surface area contributed by atoms with E-state index in [1.165, 1.54) is 19.1 Å². The summed E-state index contributed by atoms with van der Waals surface area (Å²) in [5, 5.41) is 18.5. The van der Waals surface area contributed by atoms with E-state index in [0.29, 0.717) is 6.54 Å². The minimum Gasteiger partial charge on any atom is -0.481 e. The first-order chi connectivity index (χ1) is 9.49. The van der Waals surface area contributed by atoms with Gasteiger partial charge in [0.05, 0.1) is 6.42 Å². The molecule has 0 aromatic heterocycles. The van der Waals surface area contributed by atoms with Gasteiger partial charge < -0.3 is 24.6 Å². The number of carboxylic acid groups (broad SMARTS) is 1. The van der Waals surface area contributed by atoms with Crippen molar-refractivity contribution in [3.8, 4) is 0 Å². The van der Waals surface area contributed by atoms with E-state index in [1.54, 1.807) is 12.2 Å². The molecule has 0 aliphatic carbocycles. The van der Waals surface area contributed by atoms with Crippen molar-refractivity contribution < 1.29 is 29.3 Å². The fraction of sp³-hybridized carbons (Fsp3) is 0.692. The molecule has 114 valence electrons. The Hall–Kier alpha value is -1.44. The highest BCUT2D eigenvalue weighted by atomic mass is 16.5. The van der Waals surface area contributed by atoms with Gasteiger partial charge in [-0.25, -0.2) is 0 Å². The zero-order valence-electron chi connectivity index (χ0n) is 11.7. The Labute approximate surface area is 117 Å². The number of nitrogens with zero attached hydrogens (tertiary/aromatic N) is 1. The molecule has 1 aliphatic heterocycles. The van der Waals surface area contributed by atoms with Gasteiger partial charge >= 0.3 is 5.97 Å². The third kappa shape index (κ3) is 4.59. The highest BCUT2D eigenvalue weighted by Gasteiger charge is 2.31. The summed E-state index contributed by atoms with van der Waals surface area (Å²) in [6.45, 7) is 0.556. The molecule has 0 saturated heterocycles. The van der Waals surface area contributed by atoms with E-state index in [9.17, 15) is 14.7 Å². The number of hydrogen-bond acceptors (Lipinski definition) is 5. The molecule has 7 heteroatoms. The molecule has 0 saturated carbocycles. The Balaban J connectivity index is 2.75. The number of carbonyl (C=O) groups excluding carboxylic acids is 1.